The van der Waals surface area contributed by atoms with Gasteiger partial charge in [-0.1, -0.05) is 54.1 Å². The van der Waals surface area contributed by atoms with E-state index in [2.05, 4.69) is 98.3 Å². The monoisotopic (exact) mass is 379 g/mol. The Hall–Kier alpha value is -2.52. The number of benzene rings is 3. The molecule has 0 fully saturated rings. The molecule has 0 atom stereocenters. The van der Waals surface area contributed by atoms with Crippen LogP contribution in [-0.2, 0) is 20.4 Å². The molecule has 0 saturated heterocycles. The smallest absolute Gasteiger partial charge is 0.302 e. The third kappa shape index (κ3) is 5.73. The zero-order valence-electron chi connectivity index (χ0n) is 16.7. The predicted octanol–water partition coefficient (Wildman–Crippen LogP) is 5.89. The van der Waals surface area contributed by atoms with E-state index in [1.807, 2.05) is 0 Å². The summed E-state index contributed by atoms with van der Waals surface area (Å²) in [5.74, 6) is -0.245. The van der Waals surface area contributed by atoms with Gasteiger partial charge in [-0.25, -0.2) is 0 Å². The van der Waals surface area contributed by atoms with Crippen molar-refractivity contribution < 1.29 is 9.53 Å². The third-order valence-corrected chi connectivity index (χ3v) is 6.59. The molecule has 3 aromatic rings. The Labute approximate surface area is 165 Å². The largest absolute Gasteiger partial charge is 0.469 e. The van der Waals surface area contributed by atoms with E-state index in [0.29, 0.717) is 0 Å². The fraction of sp³-hybridized carbons (Fsp3) is 0.208. The molecule has 0 heterocycles. The van der Waals surface area contributed by atoms with Crippen LogP contribution in [0.2, 0.25) is 0 Å². The zero-order valence-corrected chi connectivity index (χ0v) is 17.5. The van der Waals surface area contributed by atoms with Gasteiger partial charge in [0.1, 0.15) is 0 Å². The van der Waals surface area contributed by atoms with Crippen LogP contribution in [-0.4, -0.2) is 13.1 Å². The Morgan fingerprint density at radius 1 is 0.778 bits per heavy atom. The molecule has 27 heavy (non-hydrogen) atoms. The number of carbonyl (C=O) groups excluding carboxylic acids is 1. The minimum Gasteiger partial charge on any atom is -0.469 e. The van der Waals surface area contributed by atoms with Crippen LogP contribution in [0.15, 0.2) is 87.5 Å². The minimum atomic E-state index is -0.245. The van der Waals surface area contributed by atoms with Gasteiger partial charge in [0, 0.05) is 18.1 Å². The predicted molar refractivity (Wildman–Crippen MR) is 113 cm³/mol. The molecule has 0 unspecified atom stereocenters. The van der Waals surface area contributed by atoms with Crippen LogP contribution in [0.4, 0.5) is 0 Å². The first-order valence-electron chi connectivity index (χ1n) is 8.90. The van der Waals surface area contributed by atoms with Gasteiger partial charge in [0.25, 0.3) is 0 Å². The maximum atomic E-state index is 9.59. The molecule has 0 N–H and O–H groups in total. The minimum absolute atomic E-state index is 0.0460. The van der Waals surface area contributed by atoms with Crippen LogP contribution in [0.5, 0.6) is 0 Å². The van der Waals surface area contributed by atoms with E-state index in [9.17, 15) is 4.79 Å². The van der Waals surface area contributed by atoms with Crippen LogP contribution in [0, 0.1) is 20.8 Å². The molecule has 0 aliphatic carbocycles. The molecule has 0 saturated carbocycles. The fourth-order valence-electron chi connectivity index (χ4n) is 2.97. The highest BCUT2D eigenvalue weighted by Gasteiger charge is 2.31. The Balaban J connectivity index is 0.000000465. The van der Waals surface area contributed by atoms with Gasteiger partial charge >= 0.3 is 5.97 Å². The molecule has 0 bridgehead atoms. The van der Waals surface area contributed by atoms with E-state index in [1.165, 1.54) is 45.4 Å². The first-order valence-corrected chi connectivity index (χ1v) is 10.1. The molecule has 140 valence electrons. The van der Waals surface area contributed by atoms with E-state index >= 15 is 0 Å². The first-order chi connectivity index (χ1) is 12.9. The van der Waals surface area contributed by atoms with Crippen LogP contribution in [0.1, 0.15) is 23.6 Å². The highest BCUT2D eigenvalue weighted by molar-refractivity contribution is 7.97. The SMILES string of the molecule is COC(C)=O.Cc1cc(C)c([S+](c2ccccc2)c2ccccc2)c(C)c1. The lowest BCUT2D eigenvalue weighted by Gasteiger charge is -2.13. The van der Waals surface area contributed by atoms with Gasteiger partial charge in [0.15, 0.2) is 14.7 Å². The van der Waals surface area contributed by atoms with Crippen molar-refractivity contribution in [3.05, 3.63) is 89.5 Å². The fourth-order valence-corrected chi connectivity index (χ4v) is 5.34. The van der Waals surface area contributed by atoms with Gasteiger partial charge in [-0.15, -0.1) is 0 Å². The average molecular weight is 380 g/mol. The Morgan fingerprint density at radius 2 is 1.15 bits per heavy atom. The molecule has 0 aliphatic rings. The number of ether oxygens (including phenoxy) is 1. The van der Waals surface area contributed by atoms with Crippen molar-refractivity contribution in [2.45, 2.75) is 42.4 Å². The first kappa shape index (κ1) is 20.8. The van der Waals surface area contributed by atoms with Crippen molar-refractivity contribution in [3.8, 4) is 0 Å². The Kier molecular flexibility index (Phi) is 7.68. The van der Waals surface area contributed by atoms with Crippen molar-refractivity contribution >= 4 is 16.9 Å². The van der Waals surface area contributed by atoms with E-state index in [0.717, 1.165) is 0 Å². The van der Waals surface area contributed by atoms with Crippen LogP contribution in [0.3, 0.4) is 0 Å². The molecule has 0 radical (unpaired) electrons. The maximum absolute atomic E-state index is 9.59. The lowest BCUT2D eigenvalue weighted by atomic mass is 10.1. The van der Waals surface area contributed by atoms with Gasteiger partial charge in [0.05, 0.1) is 18.0 Å². The summed E-state index contributed by atoms with van der Waals surface area (Å²) >= 11 is 0. The molecule has 0 amide bonds. The van der Waals surface area contributed by atoms with E-state index < -0.39 is 0 Å². The normalized spacial score (nSPS) is 10.1. The standard InChI is InChI=1S/C21H21S.C3H6O2/c1-16-14-17(2)21(18(3)15-16)22(19-10-6-4-7-11-19)20-12-8-5-9-13-20;1-3(4)5-2/h4-15H,1-3H3;1-2H3/q+1;. The lowest BCUT2D eigenvalue weighted by molar-refractivity contribution is -0.137. The van der Waals surface area contributed by atoms with E-state index in [-0.39, 0.29) is 16.9 Å². The summed E-state index contributed by atoms with van der Waals surface area (Å²) in [7, 11) is 1.30. The van der Waals surface area contributed by atoms with Crippen molar-refractivity contribution in [2.75, 3.05) is 7.11 Å². The number of hydrogen-bond acceptors (Lipinski definition) is 2. The number of rotatable bonds is 3. The summed E-state index contributed by atoms with van der Waals surface area (Å²) < 4.78 is 4.11. The molecular formula is C24H27O2S+. The van der Waals surface area contributed by atoms with E-state index in [1.54, 1.807) is 0 Å². The maximum Gasteiger partial charge on any atom is 0.302 e. The number of carbonyl (C=O) groups is 1. The Morgan fingerprint density at radius 3 is 1.48 bits per heavy atom. The van der Waals surface area contributed by atoms with Crippen molar-refractivity contribution in [1.82, 2.24) is 0 Å². The van der Waals surface area contributed by atoms with Crippen molar-refractivity contribution in [1.29, 1.82) is 0 Å². The summed E-state index contributed by atoms with van der Waals surface area (Å²) in [4.78, 5) is 13.8. The lowest BCUT2D eigenvalue weighted by Crippen LogP contribution is -2.08. The highest BCUT2D eigenvalue weighted by atomic mass is 32.2. The number of aryl methyl sites for hydroxylation is 3. The van der Waals surface area contributed by atoms with Crippen LogP contribution in [0.25, 0.3) is 0 Å². The molecule has 0 aromatic heterocycles. The van der Waals surface area contributed by atoms with Gasteiger partial charge < -0.3 is 4.74 Å². The molecule has 3 rings (SSSR count). The molecule has 0 aliphatic heterocycles. The van der Waals surface area contributed by atoms with Gasteiger partial charge in [0.2, 0.25) is 0 Å². The Bertz CT molecular complexity index is 811. The molecule has 2 nitrogen and oxygen atoms in total. The molecule has 3 aromatic carbocycles. The average Bonchev–Trinajstić information content (AvgIpc) is 2.66. The number of esters is 1. The van der Waals surface area contributed by atoms with Crippen molar-refractivity contribution in [3.63, 3.8) is 0 Å². The number of methoxy groups -OCH3 is 1. The summed E-state index contributed by atoms with van der Waals surface area (Å²) in [5, 5.41) is 0. The van der Waals surface area contributed by atoms with Gasteiger partial charge in [-0.05, 0) is 45.0 Å². The number of hydrogen-bond donors (Lipinski definition) is 0. The summed E-state index contributed by atoms with van der Waals surface area (Å²) in [5.41, 5.74) is 4.10. The zero-order chi connectivity index (χ0) is 19.8. The summed E-state index contributed by atoms with van der Waals surface area (Å²) in [6.07, 6.45) is 0. The highest BCUT2D eigenvalue weighted by Crippen LogP contribution is 2.35. The molecular weight excluding hydrogens is 352 g/mol. The topological polar surface area (TPSA) is 26.3 Å². The van der Waals surface area contributed by atoms with E-state index in [4.69, 9.17) is 0 Å². The summed E-state index contributed by atoms with van der Waals surface area (Å²) in [6.45, 7) is 8.01. The summed E-state index contributed by atoms with van der Waals surface area (Å²) in [6, 6.07) is 26.3. The molecule has 0 spiro atoms. The van der Waals surface area contributed by atoms with Gasteiger partial charge in [-0.3, -0.25) is 4.79 Å². The second-order valence-corrected chi connectivity index (χ2v) is 8.32. The quantitative estimate of drug-likeness (QED) is 0.419. The second kappa shape index (κ2) is 9.98. The van der Waals surface area contributed by atoms with Crippen molar-refractivity contribution in [2.24, 2.45) is 0 Å². The van der Waals surface area contributed by atoms with Crippen LogP contribution >= 0.6 is 0 Å². The third-order valence-electron chi connectivity index (χ3n) is 4.05. The van der Waals surface area contributed by atoms with Crippen LogP contribution < -0.4 is 0 Å². The second-order valence-electron chi connectivity index (χ2n) is 6.36. The molecule has 3 heteroatoms. The van der Waals surface area contributed by atoms with Gasteiger partial charge in [-0.2, -0.15) is 0 Å².